The van der Waals surface area contributed by atoms with Crippen molar-refractivity contribution in [3.8, 4) is 12.1 Å². The van der Waals surface area contributed by atoms with Gasteiger partial charge in [0.2, 0.25) is 0 Å². The molecule has 1 fully saturated rings. The fourth-order valence-electron chi connectivity index (χ4n) is 1.46. The van der Waals surface area contributed by atoms with E-state index in [4.69, 9.17) is 10.5 Å². The maximum Gasteiger partial charge on any atom is 0.124 e. The fourth-order valence-corrected chi connectivity index (χ4v) is 1.46. The first-order valence-electron chi connectivity index (χ1n) is 4.65. The normalized spacial score (nSPS) is 21.1. The van der Waals surface area contributed by atoms with Gasteiger partial charge in [0.05, 0.1) is 18.6 Å². The summed E-state index contributed by atoms with van der Waals surface area (Å²) in [5, 5.41) is 19.2. The van der Waals surface area contributed by atoms with Crippen LogP contribution < -0.4 is 5.43 Å². The highest BCUT2D eigenvalue weighted by molar-refractivity contribution is 4.96. The van der Waals surface area contributed by atoms with Gasteiger partial charge < -0.3 is 0 Å². The van der Waals surface area contributed by atoms with Crippen LogP contribution in [0.15, 0.2) is 0 Å². The third kappa shape index (κ3) is 3.02. The predicted molar refractivity (Wildman–Crippen MR) is 48.2 cm³/mol. The number of nitriles is 2. The second kappa shape index (κ2) is 5.53. The molecule has 1 aliphatic rings. The zero-order chi connectivity index (χ0) is 9.52. The molecule has 1 N–H and O–H groups in total. The van der Waals surface area contributed by atoms with Crippen molar-refractivity contribution in [2.24, 2.45) is 0 Å². The molecule has 1 heterocycles. The highest BCUT2D eigenvalue weighted by Crippen LogP contribution is 2.07. The van der Waals surface area contributed by atoms with Gasteiger partial charge in [-0.1, -0.05) is 6.42 Å². The molecule has 1 saturated heterocycles. The van der Waals surface area contributed by atoms with Gasteiger partial charge in [-0.05, 0) is 12.8 Å². The van der Waals surface area contributed by atoms with Gasteiger partial charge in [0.15, 0.2) is 0 Å². The minimum atomic E-state index is -0.289. The van der Waals surface area contributed by atoms with Crippen LogP contribution in [0.5, 0.6) is 0 Å². The Morgan fingerprint density at radius 2 is 2.15 bits per heavy atom. The van der Waals surface area contributed by atoms with Crippen LogP contribution in [0.25, 0.3) is 0 Å². The number of hydrogen-bond acceptors (Lipinski definition) is 4. The monoisotopic (exact) mass is 178 g/mol. The predicted octanol–water partition coefficient (Wildman–Crippen LogP) is 0.783. The molecule has 1 atom stereocenters. The van der Waals surface area contributed by atoms with Crippen LogP contribution in [0.3, 0.4) is 0 Å². The molecule has 0 aliphatic carbocycles. The minimum absolute atomic E-state index is 0.281. The number of hydrogen-bond donors (Lipinski definition) is 1. The smallest absolute Gasteiger partial charge is 0.124 e. The number of hydrazine groups is 1. The van der Waals surface area contributed by atoms with E-state index >= 15 is 0 Å². The molecule has 0 bridgehead atoms. The van der Waals surface area contributed by atoms with Gasteiger partial charge in [-0.3, -0.25) is 5.43 Å². The van der Waals surface area contributed by atoms with Crippen molar-refractivity contribution in [3.05, 3.63) is 0 Å². The van der Waals surface area contributed by atoms with Gasteiger partial charge >= 0.3 is 0 Å². The molecule has 0 spiro atoms. The van der Waals surface area contributed by atoms with Crippen LogP contribution in [0.1, 0.15) is 25.7 Å². The van der Waals surface area contributed by atoms with E-state index in [1.165, 1.54) is 6.42 Å². The molecule has 4 nitrogen and oxygen atoms in total. The molecule has 0 aromatic heterocycles. The molecule has 0 saturated carbocycles. The van der Waals surface area contributed by atoms with E-state index in [-0.39, 0.29) is 12.5 Å². The van der Waals surface area contributed by atoms with E-state index in [9.17, 15) is 0 Å². The summed E-state index contributed by atoms with van der Waals surface area (Å²) in [7, 11) is 0. The zero-order valence-electron chi connectivity index (χ0n) is 7.66. The number of nitrogens with one attached hydrogen (secondary N) is 1. The molecule has 1 rings (SSSR count). The minimum Gasteiger partial charge on any atom is -0.254 e. The van der Waals surface area contributed by atoms with E-state index in [1.807, 2.05) is 11.1 Å². The van der Waals surface area contributed by atoms with Crippen molar-refractivity contribution in [3.63, 3.8) is 0 Å². The standard InChI is InChI=1S/C9H14N4/c10-5-4-9(8-11)13-7-3-1-2-6-12-13/h9,12H,1-4,6-7H2. The van der Waals surface area contributed by atoms with Gasteiger partial charge in [-0.25, -0.2) is 5.01 Å². The third-order valence-corrected chi connectivity index (χ3v) is 2.20. The topological polar surface area (TPSA) is 62.9 Å². The van der Waals surface area contributed by atoms with Gasteiger partial charge in [0, 0.05) is 13.1 Å². The number of rotatable bonds is 2. The van der Waals surface area contributed by atoms with Crippen LogP contribution in [-0.4, -0.2) is 24.1 Å². The molecule has 0 amide bonds. The van der Waals surface area contributed by atoms with Gasteiger partial charge in [-0.15, -0.1) is 0 Å². The van der Waals surface area contributed by atoms with E-state index in [0.29, 0.717) is 0 Å². The third-order valence-electron chi connectivity index (χ3n) is 2.20. The molecule has 4 heteroatoms. The van der Waals surface area contributed by atoms with Crippen LogP contribution in [0, 0.1) is 22.7 Å². The second-order valence-electron chi connectivity index (χ2n) is 3.17. The Balaban J connectivity index is 2.47. The summed E-state index contributed by atoms with van der Waals surface area (Å²) in [6.45, 7) is 1.80. The average Bonchev–Trinajstić information content (AvgIpc) is 2.42. The molecule has 13 heavy (non-hydrogen) atoms. The second-order valence-corrected chi connectivity index (χ2v) is 3.17. The number of nitrogens with zero attached hydrogens (tertiary/aromatic N) is 3. The van der Waals surface area contributed by atoms with E-state index in [1.54, 1.807) is 0 Å². The van der Waals surface area contributed by atoms with E-state index < -0.39 is 0 Å². The molecule has 0 aromatic carbocycles. The van der Waals surface area contributed by atoms with Crippen molar-refractivity contribution in [1.29, 1.82) is 10.5 Å². The lowest BCUT2D eigenvalue weighted by Crippen LogP contribution is -2.44. The molecule has 1 unspecified atom stereocenters. The Hall–Kier alpha value is -1.10. The molecular weight excluding hydrogens is 164 g/mol. The quantitative estimate of drug-likeness (QED) is 0.678. The van der Waals surface area contributed by atoms with Crippen LogP contribution in [-0.2, 0) is 0 Å². The molecule has 0 radical (unpaired) electrons. The van der Waals surface area contributed by atoms with E-state index in [0.717, 1.165) is 25.9 Å². The van der Waals surface area contributed by atoms with Crippen molar-refractivity contribution >= 4 is 0 Å². The summed E-state index contributed by atoms with van der Waals surface area (Å²) in [5.74, 6) is 0. The first-order valence-corrected chi connectivity index (χ1v) is 4.65. The summed E-state index contributed by atoms with van der Waals surface area (Å²) in [5.41, 5.74) is 3.18. The highest BCUT2D eigenvalue weighted by Gasteiger charge is 2.18. The summed E-state index contributed by atoms with van der Waals surface area (Å²) in [6, 6.07) is 3.88. The lowest BCUT2D eigenvalue weighted by molar-refractivity contribution is 0.167. The first-order chi connectivity index (χ1) is 6.38. The summed E-state index contributed by atoms with van der Waals surface area (Å²) in [6.07, 6.45) is 3.75. The summed E-state index contributed by atoms with van der Waals surface area (Å²) in [4.78, 5) is 0. The largest absolute Gasteiger partial charge is 0.254 e. The molecule has 0 aromatic rings. The van der Waals surface area contributed by atoms with Crippen molar-refractivity contribution < 1.29 is 0 Å². The summed E-state index contributed by atoms with van der Waals surface area (Å²) < 4.78 is 0. The van der Waals surface area contributed by atoms with E-state index in [2.05, 4.69) is 11.5 Å². The van der Waals surface area contributed by atoms with Gasteiger partial charge in [-0.2, -0.15) is 10.5 Å². The summed E-state index contributed by atoms with van der Waals surface area (Å²) >= 11 is 0. The van der Waals surface area contributed by atoms with Crippen molar-refractivity contribution in [2.45, 2.75) is 31.7 Å². The molecule has 70 valence electrons. The fraction of sp³-hybridized carbons (Fsp3) is 0.778. The lowest BCUT2D eigenvalue weighted by atomic mass is 10.2. The van der Waals surface area contributed by atoms with Gasteiger partial charge in [0.25, 0.3) is 0 Å². The average molecular weight is 178 g/mol. The SMILES string of the molecule is N#CCC(C#N)N1CCCCCN1. The Morgan fingerprint density at radius 3 is 2.85 bits per heavy atom. The Bertz CT molecular complexity index is 217. The highest BCUT2D eigenvalue weighted by atomic mass is 15.5. The maximum absolute atomic E-state index is 8.82. The first kappa shape index (κ1) is 9.98. The zero-order valence-corrected chi connectivity index (χ0v) is 7.66. The molecule has 1 aliphatic heterocycles. The van der Waals surface area contributed by atoms with Crippen molar-refractivity contribution in [1.82, 2.24) is 10.4 Å². The Labute approximate surface area is 78.7 Å². The molecular formula is C9H14N4. The Morgan fingerprint density at radius 1 is 1.31 bits per heavy atom. The van der Waals surface area contributed by atoms with Crippen LogP contribution in [0.2, 0.25) is 0 Å². The Kier molecular flexibility index (Phi) is 4.25. The lowest BCUT2D eigenvalue weighted by Gasteiger charge is -2.23. The van der Waals surface area contributed by atoms with Crippen molar-refractivity contribution in [2.75, 3.05) is 13.1 Å². The maximum atomic E-state index is 8.82. The van der Waals surface area contributed by atoms with Gasteiger partial charge in [0.1, 0.15) is 6.04 Å². The van der Waals surface area contributed by atoms with Crippen LogP contribution >= 0.6 is 0 Å². The van der Waals surface area contributed by atoms with Crippen LogP contribution in [0.4, 0.5) is 0 Å².